The lowest BCUT2D eigenvalue weighted by Crippen LogP contribution is -1.82. The third-order valence-electron chi connectivity index (χ3n) is 2.40. The Hall–Kier alpha value is -2.00. The minimum absolute atomic E-state index is 0.841. The summed E-state index contributed by atoms with van der Waals surface area (Å²) in [5.74, 6) is 6.40. The van der Waals surface area contributed by atoms with Gasteiger partial charge < -0.3 is 0 Å². The fourth-order valence-electron chi connectivity index (χ4n) is 1.52. The van der Waals surface area contributed by atoms with Crippen LogP contribution in [0.5, 0.6) is 0 Å². The molecule has 2 aromatic rings. The Morgan fingerprint density at radius 1 is 0.562 bits per heavy atom. The third kappa shape index (κ3) is 3.29. The second kappa shape index (κ2) is 5.78. The van der Waals surface area contributed by atoms with Gasteiger partial charge in [0.25, 0.3) is 0 Å². The number of benzene rings is 2. The first-order valence-electron chi connectivity index (χ1n) is 5.49. The lowest BCUT2D eigenvalue weighted by Gasteiger charge is -1.93. The first-order chi connectivity index (χ1) is 7.95. The lowest BCUT2D eigenvalue weighted by molar-refractivity contribution is 1.28. The molecule has 0 nitrogen and oxygen atoms in total. The minimum Gasteiger partial charge on any atom is -0.0982 e. The zero-order chi connectivity index (χ0) is 11.1. The van der Waals surface area contributed by atoms with Crippen LogP contribution < -0.4 is 0 Å². The molecule has 0 bridgehead atoms. The molecule has 0 heteroatoms. The van der Waals surface area contributed by atoms with Gasteiger partial charge in [0.2, 0.25) is 0 Å². The largest absolute Gasteiger partial charge is 0.0982 e. The van der Waals surface area contributed by atoms with Crippen LogP contribution in [0.3, 0.4) is 0 Å². The van der Waals surface area contributed by atoms with Crippen molar-refractivity contribution in [2.45, 2.75) is 12.8 Å². The molecule has 0 aliphatic heterocycles. The van der Waals surface area contributed by atoms with Gasteiger partial charge >= 0.3 is 0 Å². The lowest BCUT2D eigenvalue weighted by atomic mass is 10.1. The standard InChI is InChI=1S/C16H14/c1-3-9-15(10-4-1)13-7-8-14-16-11-5-2-6-12-16/h1-6,9-12H,13-14H2. The Labute approximate surface area is 96.9 Å². The van der Waals surface area contributed by atoms with E-state index in [4.69, 9.17) is 0 Å². The average molecular weight is 206 g/mol. The molecule has 0 spiro atoms. The van der Waals surface area contributed by atoms with Crippen molar-refractivity contribution in [3.05, 3.63) is 71.8 Å². The highest BCUT2D eigenvalue weighted by atomic mass is 13.9. The van der Waals surface area contributed by atoms with Crippen LogP contribution in [0.15, 0.2) is 60.7 Å². The summed E-state index contributed by atoms with van der Waals surface area (Å²) in [5.41, 5.74) is 2.56. The van der Waals surface area contributed by atoms with E-state index in [-0.39, 0.29) is 0 Å². The van der Waals surface area contributed by atoms with Crippen LogP contribution in [0, 0.1) is 11.8 Å². The van der Waals surface area contributed by atoms with E-state index in [9.17, 15) is 0 Å². The summed E-state index contributed by atoms with van der Waals surface area (Å²) in [6.45, 7) is 0. The SMILES string of the molecule is C(#CCc1ccccc1)Cc1ccccc1. The van der Waals surface area contributed by atoms with Crippen LogP contribution in [-0.4, -0.2) is 0 Å². The molecule has 2 aromatic carbocycles. The Morgan fingerprint density at radius 2 is 0.938 bits per heavy atom. The van der Waals surface area contributed by atoms with Gasteiger partial charge in [0.15, 0.2) is 0 Å². The summed E-state index contributed by atoms with van der Waals surface area (Å²) in [5, 5.41) is 0. The Bertz CT molecular complexity index is 426. The number of hydrogen-bond donors (Lipinski definition) is 0. The van der Waals surface area contributed by atoms with Crippen molar-refractivity contribution in [3.63, 3.8) is 0 Å². The van der Waals surface area contributed by atoms with Gasteiger partial charge in [0.05, 0.1) is 0 Å². The molecule has 0 heterocycles. The van der Waals surface area contributed by atoms with Crippen LogP contribution in [0.25, 0.3) is 0 Å². The van der Waals surface area contributed by atoms with Crippen molar-refractivity contribution in [2.75, 3.05) is 0 Å². The van der Waals surface area contributed by atoms with Crippen LogP contribution >= 0.6 is 0 Å². The maximum atomic E-state index is 3.20. The molecule has 0 radical (unpaired) electrons. The Morgan fingerprint density at radius 3 is 1.31 bits per heavy atom. The molecular weight excluding hydrogens is 192 g/mol. The van der Waals surface area contributed by atoms with Gasteiger partial charge in [-0.2, -0.15) is 0 Å². The maximum absolute atomic E-state index is 3.20. The highest BCUT2D eigenvalue weighted by Gasteiger charge is 1.87. The van der Waals surface area contributed by atoms with Crippen molar-refractivity contribution >= 4 is 0 Å². The van der Waals surface area contributed by atoms with Gasteiger partial charge in [0, 0.05) is 12.8 Å². The summed E-state index contributed by atoms with van der Waals surface area (Å²) in [6.07, 6.45) is 1.68. The normalized spacial score (nSPS) is 9.25. The Kier molecular flexibility index (Phi) is 3.80. The summed E-state index contributed by atoms with van der Waals surface area (Å²) < 4.78 is 0. The smallest absolute Gasteiger partial charge is 0.0340 e. The first-order valence-corrected chi connectivity index (χ1v) is 5.49. The van der Waals surface area contributed by atoms with Crippen molar-refractivity contribution in [1.82, 2.24) is 0 Å². The number of rotatable bonds is 2. The van der Waals surface area contributed by atoms with E-state index >= 15 is 0 Å². The van der Waals surface area contributed by atoms with E-state index in [1.807, 2.05) is 36.4 Å². The predicted octanol–water partition coefficient (Wildman–Crippen LogP) is 3.48. The van der Waals surface area contributed by atoms with Gasteiger partial charge in [0.1, 0.15) is 0 Å². The van der Waals surface area contributed by atoms with E-state index in [0.29, 0.717) is 0 Å². The van der Waals surface area contributed by atoms with Crippen LogP contribution in [0.2, 0.25) is 0 Å². The monoisotopic (exact) mass is 206 g/mol. The van der Waals surface area contributed by atoms with Crippen LogP contribution in [0.4, 0.5) is 0 Å². The van der Waals surface area contributed by atoms with E-state index in [1.165, 1.54) is 11.1 Å². The molecule has 0 fully saturated rings. The first kappa shape index (κ1) is 10.5. The van der Waals surface area contributed by atoms with E-state index in [1.54, 1.807) is 0 Å². The fourth-order valence-corrected chi connectivity index (χ4v) is 1.52. The van der Waals surface area contributed by atoms with Crippen molar-refractivity contribution in [1.29, 1.82) is 0 Å². The van der Waals surface area contributed by atoms with Crippen LogP contribution in [-0.2, 0) is 12.8 Å². The second-order valence-corrected chi connectivity index (χ2v) is 3.68. The summed E-state index contributed by atoms with van der Waals surface area (Å²) in [6, 6.07) is 20.7. The summed E-state index contributed by atoms with van der Waals surface area (Å²) in [4.78, 5) is 0. The van der Waals surface area contributed by atoms with E-state index < -0.39 is 0 Å². The minimum atomic E-state index is 0.841. The second-order valence-electron chi connectivity index (χ2n) is 3.68. The molecule has 0 N–H and O–H groups in total. The highest BCUT2D eigenvalue weighted by Crippen LogP contribution is 2.00. The molecule has 0 saturated heterocycles. The quantitative estimate of drug-likeness (QED) is 0.660. The molecule has 0 saturated carbocycles. The molecule has 0 aliphatic rings. The summed E-state index contributed by atoms with van der Waals surface area (Å²) >= 11 is 0. The number of hydrogen-bond acceptors (Lipinski definition) is 0. The third-order valence-corrected chi connectivity index (χ3v) is 2.40. The van der Waals surface area contributed by atoms with Gasteiger partial charge in [-0.05, 0) is 11.1 Å². The zero-order valence-electron chi connectivity index (χ0n) is 9.19. The van der Waals surface area contributed by atoms with Crippen molar-refractivity contribution < 1.29 is 0 Å². The molecule has 0 aromatic heterocycles. The van der Waals surface area contributed by atoms with Crippen molar-refractivity contribution in [2.24, 2.45) is 0 Å². The van der Waals surface area contributed by atoms with E-state index in [2.05, 4.69) is 36.1 Å². The van der Waals surface area contributed by atoms with Gasteiger partial charge in [-0.15, -0.1) is 0 Å². The van der Waals surface area contributed by atoms with Gasteiger partial charge in [-0.3, -0.25) is 0 Å². The molecule has 2 rings (SSSR count). The molecule has 0 atom stereocenters. The molecule has 0 unspecified atom stereocenters. The van der Waals surface area contributed by atoms with Gasteiger partial charge in [-0.1, -0.05) is 72.5 Å². The Balaban J connectivity index is 1.88. The van der Waals surface area contributed by atoms with E-state index in [0.717, 1.165) is 12.8 Å². The van der Waals surface area contributed by atoms with Gasteiger partial charge in [-0.25, -0.2) is 0 Å². The molecular formula is C16H14. The fraction of sp³-hybridized carbons (Fsp3) is 0.125. The average Bonchev–Trinajstić information content (AvgIpc) is 2.37. The molecule has 16 heavy (non-hydrogen) atoms. The summed E-state index contributed by atoms with van der Waals surface area (Å²) in [7, 11) is 0. The molecule has 0 aliphatic carbocycles. The predicted molar refractivity (Wildman–Crippen MR) is 68.1 cm³/mol. The molecule has 78 valence electrons. The highest BCUT2D eigenvalue weighted by molar-refractivity contribution is 5.24. The van der Waals surface area contributed by atoms with Crippen molar-refractivity contribution in [3.8, 4) is 11.8 Å². The maximum Gasteiger partial charge on any atom is 0.0340 e. The zero-order valence-corrected chi connectivity index (χ0v) is 9.19. The topological polar surface area (TPSA) is 0 Å². The van der Waals surface area contributed by atoms with Crippen LogP contribution in [0.1, 0.15) is 11.1 Å². The molecule has 0 amide bonds.